The molecule has 1 N–H and O–H groups in total. The Morgan fingerprint density at radius 3 is 2.15 bits per heavy atom. The number of piperazine rings is 1. The Balaban J connectivity index is 2.16. The average molecular weight is 383 g/mol. The van der Waals surface area contributed by atoms with Crippen LogP contribution < -0.4 is 9.62 Å². The summed E-state index contributed by atoms with van der Waals surface area (Å²) in [5.41, 5.74) is 2.30. The molecular formula is C19H34N4O2S. The first-order valence-corrected chi connectivity index (χ1v) is 11.0. The summed E-state index contributed by atoms with van der Waals surface area (Å²) in [6.45, 7) is 8.18. The number of anilines is 1. The van der Waals surface area contributed by atoms with Crippen molar-refractivity contribution in [2.75, 3.05) is 64.5 Å². The Labute approximate surface area is 159 Å². The lowest BCUT2D eigenvalue weighted by molar-refractivity contribution is 0.113. The van der Waals surface area contributed by atoms with Crippen molar-refractivity contribution in [3.8, 4) is 0 Å². The fourth-order valence-electron chi connectivity index (χ4n) is 3.29. The summed E-state index contributed by atoms with van der Waals surface area (Å²) >= 11 is 0. The van der Waals surface area contributed by atoms with Gasteiger partial charge in [-0.25, -0.2) is 13.1 Å². The first-order valence-electron chi connectivity index (χ1n) is 9.35. The zero-order valence-electron chi connectivity index (χ0n) is 16.8. The Kier molecular flexibility index (Phi) is 7.46. The molecule has 1 aliphatic rings. The van der Waals surface area contributed by atoms with Gasteiger partial charge in [-0.3, -0.25) is 4.90 Å². The quantitative estimate of drug-likeness (QED) is 0.740. The maximum Gasteiger partial charge on any atom is 0.211 e. The van der Waals surface area contributed by atoms with Gasteiger partial charge in [0.15, 0.2) is 0 Å². The topological polar surface area (TPSA) is 55.9 Å². The summed E-state index contributed by atoms with van der Waals surface area (Å²) < 4.78 is 27.5. The van der Waals surface area contributed by atoms with E-state index in [2.05, 4.69) is 50.7 Å². The second-order valence-electron chi connectivity index (χ2n) is 7.86. The van der Waals surface area contributed by atoms with Crippen LogP contribution in [-0.2, 0) is 10.0 Å². The third-order valence-corrected chi connectivity index (χ3v) is 6.53. The van der Waals surface area contributed by atoms with E-state index >= 15 is 0 Å². The van der Waals surface area contributed by atoms with Gasteiger partial charge in [-0.1, -0.05) is 26.0 Å². The molecule has 1 fully saturated rings. The predicted octanol–water partition coefficient (Wildman–Crippen LogP) is 1.62. The number of sulfonamides is 1. The zero-order chi connectivity index (χ0) is 19.3. The van der Waals surface area contributed by atoms with E-state index in [0.717, 1.165) is 37.4 Å². The second kappa shape index (κ2) is 9.17. The van der Waals surface area contributed by atoms with Crippen molar-refractivity contribution in [2.45, 2.75) is 19.9 Å². The molecule has 26 heavy (non-hydrogen) atoms. The molecule has 148 valence electrons. The number of likely N-dealkylation sites (N-methyl/N-ethyl adjacent to an activating group) is 1. The van der Waals surface area contributed by atoms with Crippen LogP contribution in [0.15, 0.2) is 24.3 Å². The highest BCUT2D eigenvalue weighted by Gasteiger charge is 2.25. The molecule has 0 amide bonds. The summed E-state index contributed by atoms with van der Waals surface area (Å²) in [6.07, 6.45) is 0. The van der Waals surface area contributed by atoms with Crippen molar-refractivity contribution in [3.63, 3.8) is 0 Å². The van der Waals surface area contributed by atoms with Crippen LogP contribution in [0, 0.1) is 5.92 Å². The van der Waals surface area contributed by atoms with E-state index < -0.39 is 10.0 Å². The molecule has 1 aliphatic heterocycles. The van der Waals surface area contributed by atoms with Gasteiger partial charge in [-0.2, -0.15) is 0 Å². The number of hydrogen-bond donors (Lipinski definition) is 1. The SMILES string of the molecule is CC(C)CS(=O)(=O)NC[C@H](c1ccc(N(C)C)cc1)N1CCN(C)CC1. The Morgan fingerprint density at radius 1 is 1.08 bits per heavy atom. The van der Waals surface area contributed by atoms with Crippen LogP contribution in [-0.4, -0.2) is 77.8 Å². The van der Waals surface area contributed by atoms with E-state index in [-0.39, 0.29) is 17.7 Å². The lowest BCUT2D eigenvalue weighted by atomic mass is 10.0. The van der Waals surface area contributed by atoms with E-state index in [0.29, 0.717) is 6.54 Å². The van der Waals surface area contributed by atoms with Gasteiger partial charge < -0.3 is 9.80 Å². The molecule has 6 nitrogen and oxygen atoms in total. The molecule has 1 heterocycles. The number of nitrogens with one attached hydrogen (secondary N) is 1. The summed E-state index contributed by atoms with van der Waals surface area (Å²) in [6, 6.07) is 8.49. The van der Waals surface area contributed by atoms with Crippen molar-refractivity contribution in [3.05, 3.63) is 29.8 Å². The lowest BCUT2D eigenvalue weighted by Crippen LogP contribution is -2.48. The van der Waals surface area contributed by atoms with E-state index in [9.17, 15) is 8.42 Å². The Bertz CT molecular complexity index is 651. The van der Waals surface area contributed by atoms with E-state index in [1.54, 1.807) is 0 Å². The zero-order valence-corrected chi connectivity index (χ0v) is 17.6. The molecule has 1 aromatic carbocycles. The van der Waals surface area contributed by atoms with Gasteiger partial charge in [0.25, 0.3) is 0 Å². The maximum absolute atomic E-state index is 12.3. The predicted molar refractivity (Wildman–Crippen MR) is 109 cm³/mol. The smallest absolute Gasteiger partial charge is 0.211 e. The molecule has 0 unspecified atom stereocenters. The van der Waals surface area contributed by atoms with Crippen molar-refractivity contribution in [1.29, 1.82) is 0 Å². The molecule has 1 atom stereocenters. The third-order valence-electron chi connectivity index (χ3n) is 4.82. The van der Waals surface area contributed by atoms with E-state index in [4.69, 9.17) is 0 Å². The summed E-state index contributed by atoms with van der Waals surface area (Å²) in [5.74, 6) is 0.288. The number of hydrogen-bond acceptors (Lipinski definition) is 5. The van der Waals surface area contributed by atoms with E-state index in [1.807, 2.05) is 27.9 Å². The average Bonchev–Trinajstić information content (AvgIpc) is 2.55. The minimum Gasteiger partial charge on any atom is -0.378 e. The third kappa shape index (κ3) is 6.23. The molecule has 7 heteroatoms. The Morgan fingerprint density at radius 2 is 1.65 bits per heavy atom. The molecular weight excluding hydrogens is 348 g/mol. The van der Waals surface area contributed by atoms with Gasteiger partial charge in [-0.15, -0.1) is 0 Å². The largest absolute Gasteiger partial charge is 0.378 e. The second-order valence-corrected chi connectivity index (χ2v) is 9.72. The highest BCUT2D eigenvalue weighted by Crippen LogP contribution is 2.24. The molecule has 0 bridgehead atoms. The molecule has 0 aromatic heterocycles. The molecule has 1 aromatic rings. The monoisotopic (exact) mass is 382 g/mol. The fraction of sp³-hybridized carbons (Fsp3) is 0.684. The van der Waals surface area contributed by atoms with Crippen LogP contribution in [0.4, 0.5) is 5.69 Å². The van der Waals surface area contributed by atoms with Crippen LogP contribution in [0.1, 0.15) is 25.5 Å². The van der Waals surface area contributed by atoms with Gasteiger partial charge in [-0.05, 0) is 30.7 Å². The van der Waals surface area contributed by atoms with Crippen molar-refractivity contribution < 1.29 is 8.42 Å². The number of nitrogens with zero attached hydrogens (tertiary/aromatic N) is 3. The lowest BCUT2D eigenvalue weighted by Gasteiger charge is -2.38. The highest BCUT2D eigenvalue weighted by molar-refractivity contribution is 7.89. The minimum absolute atomic E-state index is 0.0573. The first-order chi connectivity index (χ1) is 12.2. The van der Waals surface area contributed by atoms with Crippen molar-refractivity contribution in [2.24, 2.45) is 5.92 Å². The minimum atomic E-state index is -3.25. The van der Waals surface area contributed by atoms with Gasteiger partial charge in [0.2, 0.25) is 10.0 Å². The Hall–Kier alpha value is -1.15. The molecule has 0 aliphatic carbocycles. The standard InChI is InChI=1S/C19H34N4O2S/c1-16(2)15-26(24,25)20-14-19(23-12-10-22(5)11-13-23)17-6-8-18(9-7-17)21(3)4/h6-9,16,19-20H,10-15H2,1-5H3/t19-/m1/s1. The number of benzene rings is 1. The van der Waals surface area contributed by atoms with Crippen molar-refractivity contribution in [1.82, 2.24) is 14.5 Å². The highest BCUT2D eigenvalue weighted by atomic mass is 32.2. The van der Waals surface area contributed by atoms with Crippen LogP contribution in [0.5, 0.6) is 0 Å². The maximum atomic E-state index is 12.3. The summed E-state index contributed by atoms with van der Waals surface area (Å²) in [4.78, 5) is 6.77. The summed E-state index contributed by atoms with van der Waals surface area (Å²) in [5, 5.41) is 0. The molecule has 0 radical (unpaired) electrons. The molecule has 0 spiro atoms. The normalized spacial score (nSPS) is 18.2. The van der Waals surface area contributed by atoms with Crippen LogP contribution in [0.25, 0.3) is 0 Å². The van der Waals surface area contributed by atoms with Crippen LogP contribution in [0.3, 0.4) is 0 Å². The van der Waals surface area contributed by atoms with Crippen LogP contribution >= 0.6 is 0 Å². The van der Waals surface area contributed by atoms with E-state index in [1.165, 1.54) is 0 Å². The number of rotatable bonds is 8. The molecule has 2 rings (SSSR count). The first kappa shape index (κ1) is 21.2. The van der Waals surface area contributed by atoms with Gasteiger partial charge in [0, 0.05) is 58.5 Å². The van der Waals surface area contributed by atoms with Crippen molar-refractivity contribution >= 4 is 15.7 Å². The van der Waals surface area contributed by atoms with Gasteiger partial charge >= 0.3 is 0 Å². The van der Waals surface area contributed by atoms with Gasteiger partial charge in [0.1, 0.15) is 0 Å². The molecule has 1 saturated heterocycles. The summed E-state index contributed by atoms with van der Waals surface area (Å²) in [7, 11) is 2.92. The van der Waals surface area contributed by atoms with Crippen LogP contribution in [0.2, 0.25) is 0 Å². The molecule has 0 saturated carbocycles. The van der Waals surface area contributed by atoms with Gasteiger partial charge in [0.05, 0.1) is 5.75 Å². The fourth-order valence-corrected chi connectivity index (χ4v) is 4.70.